The highest BCUT2D eigenvalue weighted by atomic mass is 79.9. The standard InChI is InChI=1S/C5H7BrO4/c6-3-1-2-4(7)10-5(8)9/h1-3H2,(H,8,9). The van der Waals surface area contributed by atoms with Crippen LogP contribution in [0.3, 0.4) is 0 Å². The lowest BCUT2D eigenvalue weighted by molar-refractivity contribution is -0.138. The van der Waals surface area contributed by atoms with Crippen molar-refractivity contribution in [2.75, 3.05) is 5.33 Å². The zero-order chi connectivity index (χ0) is 7.98. The summed E-state index contributed by atoms with van der Waals surface area (Å²) in [6.07, 6.45) is -0.816. The first-order chi connectivity index (χ1) is 4.66. The number of carboxylic acid groups (broad SMARTS) is 1. The summed E-state index contributed by atoms with van der Waals surface area (Å²) in [5.41, 5.74) is 0. The predicted molar refractivity (Wildman–Crippen MR) is 37.1 cm³/mol. The Labute approximate surface area is 66.3 Å². The van der Waals surface area contributed by atoms with Crippen LogP contribution in [0.15, 0.2) is 0 Å². The quantitative estimate of drug-likeness (QED) is 0.435. The Morgan fingerprint density at radius 3 is 2.50 bits per heavy atom. The molecule has 0 aromatic rings. The van der Waals surface area contributed by atoms with Gasteiger partial charge in [0, 0.05) is 11.8 Å². The molecule has 0 spiro atoms. The Bertz CT molecular complexity index is 134. The molecule has 0 bridgehead atoms. The summed E-state index contributed by atoms with van der Waals surface area (Å²) in [6.45, 7) is 0. The summed E-state index contributed by atoms with van der Waals surface area (Å²) in [5, 5.41) is 8.60. The van der Waals surface area contributed by atoms with Crippen LogP contribution in [0.2, 0.25) is 0 Å². The van der Waals surface area contributed by atoms with Crippen molar-refractivity contribution >= 4 is 28.1 Å². The lowest BCUT2D eigenvalue weighted by Crippen LogP contribution is -2.09. The maximum absolute atomic E-state index is 10.4. The third-order valence-corrected chi connectivity index (χ3v) is 1.28. The number of halogens is 1. The molecule has 58 valence electrons. The van der Waals surface area contributed by atoms with Crippen LogP contribution in [-0.4, -0.2) is 22.6 Å². The molecule has 0 aliphatic carbocycles. The SMILES string of the molecule is O=C(O)OC(=O)CCCBr. The van der Waals surface area contributed by atoms with E-state index in [1.165, 1.54) is 0 Å². The summed E-state index contributed by atoms with van der Waals surface area (Å²) in [4.78, 5) is 20.1. The lowest BCUT2D eigenvalue weighted by atomic mass is 10.3. The molecule has 0 aromatic heterocycles. The number of ether oxygens (including phenoxy) is 1. The molecule has 0 radical (unpaired) electrons. The van der Waals surface area contributed by atoms with Gasteiger partial charge in [-0.1, -0.05) is 15.9 Å². The fourth-order valence-corrected chi connectivity index (χ4v) is 0.640. The second-order valence-electron chi connectivity index (χ2n) is 1.53. The number of alkyl halides is 1. The zero-order valence-electron chi connectivity index (χ0n) is 5.17. The van der Waals surface area contributed by atoms with Gasteiger partial charge in [0.25, 0.3) is 0 Å². The van der Waals surface area contributed by atoms with Gasteiger partial charge in [0.15, 0.2) is 0 Å². The Morgan fingerprint density at radius 1 is 1.50 bits per heavy atom. The largest absolute Gasteiger partial charge is 0.513 e. The first-order valence-corrected chi connectivity index (χ1v) is 3.78. The topological polar surface area (TPSA) is 63.6 Å². The molecule has 0 fully saturated rings. The number of carbonyl (C=O) groups is 2. The normalized spacial score (nSPS) is 8.90. The number of carbonyl (C=O) groups excluding carboxylic acids is 1. The van der Waals surface area contributed by atoms with Gasteiger partial charge < -0.3 is 9.84 Å². The van der Waals surface area contributed by atoms with Crippen LogP contribution in [0, 0.1) is 0 Å². The van der Waals surface area contributed by atoms with E-state index in [-0.39, 0.29) is 6.42 Å². The minimum Gasteiger partial charge on any atom is -0.449 e. The van der Waals surface area contributed by atoms with E-state index in [1.807, 2.05) is 0 Å². The molecule has 0 amide bonds. The monoisotopic (exact) mass is 210 g/mol. The van der Waals surface area contributed by atoms with Crippen LogP contribution < -0.4 is 0 Å². The second kappa shape index (κ2) is 5.22. The van der Waals surface area contributed by atoms with E-state index < -0.39 is 12.1 Å². The lowest BCUT2D eigenvalue weighted by Gasteiger charge is -1.94. The fourth-order valence-electron chi connectivity index (χ4n) is 0.360. The zero-order valence-corrected chi connectivity index (χ0v) is 6.76. The summed E-state index contributed by atoms with van der Waals surface area (Å²) in [5.74, 6) is -0.702. The van der Waals surface area contributed by atoms with E-state index in [2.05, 4.69) is 20.7 Å². The Kier molecular flexibility index (Phi) is 4.92. The minimum atomic E-state index is -1.54. The molecule has 0 heterocycles. The maximum atomic E-state index is 10.4. The molecule has 0 aromatic carbocycles. The van der Waals surface area contributed by atoms with Gasteiger partial charge in [0.05, 0.1) is 0 Å². The van der Waals surface area contributed by atoms with Gasteiger partial charge in [-0.05, 0) is 6.42 Å². The highest BCUT2D eigenvalue weighted by Gasteiger charge is 2.06. The minimum absolute atomic E-state index is 0.136. The van der Waals surface area contributed by atoms with Crippen LogP contribution in [0.4, 0.5) is 4.79 Å². The molecule has 4 nitrogen and oxygen atoms in total. The van der Waals surface area contributed by atoms with Crippen molar-refractivity contribution in [1.29, 1.82) is 0 Å². The third-order valence-electron chi connectivity index (χ3n) is 0.716. The van der Waals surface area contributed by atoms with E-state index in [9.17, 15) is 9.59 Å². The first kappa shape index (κ1) is 9.42. The average Bonchev–Trinajstić information content (AvgIpc) is 1.82. The molecule has 0 unspecified atom stereocenters. The van der Waals surface area contributed by atoms with E-state index in [1.54, 1.807) is 0 Å². The van der Waals surface area contributed by atoms with Crippen LogP contribution in [-0.2, 0) is 9.53 Å². The van der Waals surface area contributed by atoms with Crippen molar-refractivity contribution in [2.45, 2.75) is 12.8 Å². The van der Waals surface area contributed by atoms with Gasteiger partial charge >= 0.3 is 12.1 Å². The van der Waals surface area contributed by atoms with Crippen molar-refractivity contribution in [1.82, 2.24) is 0 Å². The van der Waals surface area contributed by atoms with Crippen LogP contribution in [0.25, 0.3) is 0 Å². The molecule has 1 N–H and O–H groups in total. The number of hydrogen-bond donors (Lipinski definition) is 1. The summed E-state index contributed by atoms with van der Waals surface area (Å²) >= 11 is 3.09. The molecule has 10 heavy (non-hydrogen) atoms. The van der Waals surface area contributed by atoms with Gasteiger partial charge in [-0.15, -0.1) is 0 Å². The maximum Gasteiger partial charge on any atom is 0.513 e. The van der Waals surface area contributed by atoms with Gasteiger partial charge in [-0.3, -0.25) is 4.79 Å². The smallest absolute Gasteiger partial charge is 0.449 e. The summed E-state index contributed by atoms with van der Waals surface area (Å²) in [6, 6.07) is 0. The van der Waals surface area contributed by atoms with Gasteiger partial charge in [-0.2, -0.15) is 0 Å². The Morgan fingerprint density at radius 2 is 2.10 bits per heavy atom. The highest BCUT2D eigenvalue weighted by molar-refractivity contribution is 9.09. The van der Waals surface area contributed by atoms with Crippen LogP contribution in [0.5, 0.6) is 0 Å². The third kappa shape index (κ3) is 5.55. The Hall–Kier alpha value is -0.580. The van der Waals surface area contributed by atoms with Crippen LogP contribution in [0.1, 0.15) is 12.8 Å². The van der Waals surface area contributed by atoms with Crippen molar-refractivity contribution in [2.24, 2.45) is 0 Å². The van der Waals surface area contributed by atoms with Crippen molar-refractivity contribution < 1.29 is 19.4 Å². The number of rotatable bonds is 3. The Balaban J connectivity index is 3.35. The van der Waals surface area contributed by atoms with Crippen molar-refractivity contribution in [3.63, 3.8) is 0 Å². The highest BCUT2D eigenvalue weighted by Crippen LogP contribution is 1.95. The second-order valence-corrected chi connectivity index (χ2v) is 2.33. The van der Waals surface area contributed by atoms with E-state index in [4.69, 9.17) is 5.11 Å². The fraction of sp³-hybridized carbons (Fsp3) is 0.600. The van der Waals surface area contributed by atoms with Crippen molar-refractivity contribution in [3.05, 3.63) is 0 Å². The van der Waals surface area contributed by atoms with E-state index >= 15 is 0 Å². The molecule has 0 aliphatic rings. The van der Waals surface area contributed by atoms with Gasteiger partial charge in [0.1, 0.15) is 0 Å². The summed E-state index contributed by atoms with van der Waals surface area (Å²) < 4.78 is 3.81. The van der Waals surface area contributed by atoms with Gasteiger partial charge in [-0.25, -0.2) is 4.79 Å². The summed E-state index contributed by atoms with van der Waals surface area (Å²) in [7, 11) is 0. The molecule has 0 atom stereocenters. The molecule has 0 aliphatic heterocycles. The van der Waals surface area contributed by atoms with E-state index in [0.717, 1.165) is 0 Å². The molecular formula is C5H7BrO4. The molecular weight excluding hydrogens is 204 g/mol. The van der Waals surface area contributed by atoms with E-state index in [0.29, 0.717) is 11.8 Å². The molecule has 5 heteroatoms. The van der Waals surface area contributed by atoms with Crippen molar-refractivity contribution in [3.8, 4) is 0 Å². The van der Waals surface area contributed by atoms with Crippen LogP contribution >= 0.6 is 15.9 Å². The number of esters is 1. The molecule has 0 saturated heterocycles. The molecule has 0 rings (SSSR count). The molecule has 0 saturated carbocycles. The predicted octanol–water partition coefficient (Wildman–Crippen LogP) is 1.38. The number of hydrogen-bond acceptors (Lipinski definition) is 3. The van der Waals surface area contributed by atoms with Gasteiger partial charge in [0.2, 0.25) is 0 Å². The first-order valence-electron chi connectivity index (χ1n) is 2.66. The average molecular weight is 211 g/mol.